The van der Waals surface area contributed by atoms with Gasteiger partial charge >= 0.3 is 5.97 Å². The highest BCUT2D eigenvalue weighted by Crippen LogP contribution is 2.09. The fourth-order valence-electron chi connectivity index (χ4n) is 1.38. The lowest BCUT2D eigenvalue weighted by Gasteiger charge is -1.95. The molecule has 0 unspecified atom stereocenters. The zero-order valence-electron chi connectivity index (χ0n) is 9.72. The molecule has 0 N–H and O–H groups in total. The second kappa shape index (κ2) is 5.39. The second-order valence-electron chi connectivity index (χ2n) is 3.54. The number of nitrogens with zero attached hydrogens (tertiary/aromatic N) is 2. The molecule has 18 heavy (non-hydrogen) atoms. The van der Waals surface area contributed by atoms with E-state index in [9.17, 15) is 9.18 Å². The van der Waals surface area contributed by atoms with Crippen molar-refractivity contribution in [2.24, 2.45) is 0 Å². The summed E-state index contributed by atoms with van der Waals surface area (Å²) in [6.45, 7) is 1.94. The van der Waals surface area contributed by atoms with Crippen LogP contribution < -0.4 is 0 Å². The number of ether oxygens (including phenoxy) is 1. The summed E-state index contributed by atoms with van der Waals surface area (Å²) in [7, 11) is 0. The summed E-state index contributed by atoms with van der Waals surface area (Å²) in [5.74, 6) is -0.748. The average Bonchev–Trinajstić information content (AvgIpc) is 2.81. The fourth-order valence-corrected chi connectivity index (χ4v) is 1.38. The molecule has 0 spiro atoms. The molecule has 0 aliphatic rings. The zero-order chi connectivity index (χ0) is 13.0. The number of benzene rings is 1. The molecule has 1 heterocycles. The van der Waals surface area contributed by atoms with Crippen molar-refractivity contribution < 1.29 is 18.4 Å². The van der Waals surface area contributed by atoms with E-state index >= 15 is 0 Å². The van der Waals surface area contributed by atoms with Crippen molar-refractivity contribution in [3.8, 4) is 0 Å². The molecule has 0 aliphatic carbocycles. The van der Waals surface area contributed by atoms with E-state index in [2.05, 4.69) is 10.1 Å². The van der Waals surface area contributed by atoms with Crippen molar-refractivity contribution in [1.29, 1.82) is 0 Å². The van der Waals surface area contributed by atoms with Gasteiger partial charge in [0.2, 0.25) is 5.89 Å². The molecule has 0 bridgehead atoms. The van der Waals surface area contributed by atoms with Crippen molar-refractivity contribution in [2.75, 3.05) is 6.61 Å². The topological polar surface area (TPSA) is 65.2 Å². The molecule has 0 aliphatic heterocycles. The maximum Gasteiger partial charge on any atom is 0.379 e. The molecule has 2 rings (SSSR count). The van der Waals surface area contributed by atoms with Gasteiger partial charge in [0.15, 0.2) is 0 Å². The van der Waals surface area contributed by atoms with Crippen molar-refractivity contribution in [2.45, 2.75) is 13.3 Å². The Morgan fingerprint density at radius 1 is 1.39 bits per heavy atom. The molecule has 5 nitrogen and oxygen atoms in total. The third-order valence-corrected chi connectivity index (χ3v) is 2.19. The van der Waals surface area contributed by atoms with Crippen LogP contribution in [0.4, 0.5) is 4.39 Å². The Labute approximate surface area is 103 Å². The van der Waals surface area contributed by atoms with Crippen LogP contribution in [-0.2, 0) is 11.2 Å². The molecule has 0 atom stereocenters. The van der Waals surface area contributed by atoms with Crippen LogP contribution in [0.15, 0.2) is 28.8 Å². The van der Waals surface area contributed by atoms with Gasteiger partial charge in [-0.2, -0.15) is 4.98 Å². The van der Waals surface area contributed by atoms with Gasteiger partial charge in [-0.3, -0.25) is 0 Å². The maximum absolute atomic E-state index is 12.7. The van der Waals surface area contributed by atoms with E-state index in [1.165, 1.54) is 12.1 Å². The molecular formula is C12H11FN2O3. The number of esters is 1. The van der Waals surface area contributed by atoms with E-state index in [-0.39, 0.29) is 24.1 Å². The van der Waals surface area contributed by atoms with E-state index in [4.69, 9.17) is 9.26 Å². The lowest BCUT2D eigenvalue weighted by Crippen LogP contribution is -2.06. The second-order valence-corrected chi connectivity index (χ2v) is 3.54. The van der Waals surface area contributed by atoms with Crippen LogP contribution >= 0.6 is 0 Å². The summed E-state index contributed by atoms with van der Waals surface area (Å²) in [6, 6.07) is 5.92. The Bertz CT molecular complexity index is 537. The summed E-state index contributed by atoms with van der Waals surface area (Å²) in [5, 5.41) is 3.51. The smallest absolute Gasteiger partial charge is 0.379 e. The van der Waals surface area contributed by atoms with Gasteiger partial charge in [-0.05, 0) is 29.8 Å². The quantitative estimate of drug-likeness (QED) is 0.776. The van der Waals surface area contributed by atoms with Gasteiger partial charge in [-0.25, -0.2) is 9.18 Å². The summed E-state index contributed by atoms with van der Waals surface area (Å²) in [5.41, 5.74) is 0.815. The van der Waals surface area contributed by atoms with E-state index in [0.29, 0.717) is 6.42 Å². The number of carbonyl (C=O) groups is 1. The van der Waals surface area contributed by atoms with Crippen LogP contribution in [0.5, 0.6) is 0 Å². The Morgan fingerprint density at radius 2 is 2.11 bits per heavy atom. The Kier molecular flexibility index (Phi) is 3.66. The highest BCUT2D eigenvalue weighted by Gasteiger charge is 2.15. The molecule has 94 valence electrons. The van der Waals surface area contributed by atoms with Crippen molar-refractivity contribution in [3.05, 3.63) is 47.4 Å². The van der Waals surface area contributed by atoms with Crippen molar-refractivity contribution in [1.82, 2.24) is 10.1 Å². The maximum atomic E-state index is 12.7. The fraction of sp³-hybridized carbons (Fsp3) is 0.250. The van der Waals surface area contributed by atoms with Gasteiger partial charge in [-0.15, -0.1) is 0 Å². The van der Waals surface area contributed by atoms with Crippen LogP contribution in [0.2, 0.25) is 0 Å². The summed E-state index contributed by atoms with van der Waals surface area (Å²) in [4.78, 5) is 15.2. The van der Waals surface area contributed by atoms with Crippen molar-refractivity contribution >= 4 is 5.97 Å². The van der Waals surface area contributed by atoms with E-state index < -0.39 is 5.97 Å². The number of hydrogen-bond donors (Lipinski definition) is 0. The summed E-state index contributed by atoms with van der Waals surface area (Å²) < 4.78 is 22.4. The van der Waals surface area contributed by atoms with Gasteiger partial charge in [0.1, 0.15) is 5.82 Å². The molecule has 1 aromatic heterocycles. The molecule has 2 aromatic rings. The van der Waals surface area contributed by atoms with Gasteiger partial charge in [-0.1, -0.05) is 12.1 Å². The number of hydrogen-bond acceptors (Lipinski definition) is 5. The first-order valence-electron chi connectivity index (χ1n) is 5.43. The molecule has 0 amide bonds. The van der Waals surface area contributed by atoms with E-state index in [1.807, 2.05) is 0 Å². The predicted molar refractivity (Wildman–Crippen MR) is 59.5 cm³/mol. The van der Waals surface area contributed by atoms with Crippen molar-refractivity contribution in [3.63, 3.8) is 0 Å². The van der Waals surface area contributed by atoms with Gasteiger partial charge in [0.25, 0.3) is 5.82 Å². The number of halogens is 1. The van der Waals surface area contributed by atoms with Gasteiger partial charge in [0, 0.05) is 0 Å². The first kappa shape index (κ1) is 12.2. The van der Waals surface area contributed by atoms with Crippen LogP contribution in [0.1, 0.15) is 29.0 Å². The standard InChI is InChI=1S/C12H11FN2O3/c1-2-17-12(16)11-14-10(18-15-11)7-8-3-5-9(13)6-4-8/h3-6H,2,7H2,1H3. The average molecular weight is 250 g/mol. The minimum atomic E-state index is -0.619. The molecule has 6 heteroatoms. The van der Waals surface area contributed by atoms with E-state index in [1.54, 1.807) is 19.1 Å². The SMILES string of the molecule is CCOC(=O)c1noc(Cc2ccc(F)cc2)n1. The normalized spacial score (nSPS) is 10.3. The van der Waals surface area contributed by atoms with Crippen LogP contribution in [0, 0.1) is 5.82 Å². The minimum Gasteiger partial charge on any atom is -0.460 e. The van der Waals surface area contributed by atoms with Crippen LogP contribution in [-0.4, -0.2) is 22.7 Å². The molecule has 0 saturated carbocycles. The van der Waals surface area contributed by atoms with Crippen LogP contribution in [0.3, 0.4) is 0 Å². The van der Waals surface area contributed by atoms with Gasteiger partial charge < -0.3 is 9.26 Å². The highest BCUT2D eigenvalue weighted by molar-refractivity contribution is 5.84. The molecular weight excluding hydrogens is 239 g/mol. The van der Waals surface area contributed by atoms with E-state index in [0.717, 1.165) is 5.56 Å². The lowest BCUT2D eigenvalue weighted by atomic mass is 10.1. The third-order valence-electron chi connectivity index (χ3n) is 2.19. The highest BCUT2D eigenvalue weighted by atomic mass is 19.1. The summed E-state index contributed by atoms with van der Waals surface area (Å²) in [6.07, 6.45) is 0.340. The third kappa shape index (κ3) is 2.91. The largest absolute Gasteiger partial charge is 0.460 e. The predicted octanol–water partition coefficient (Wildman–Crippen LogP) is 1.98. The van der Waals surface area contributed by atoms with Crippen LogP contribution in [0.25, 0.3) is 0 Å². The number of rotatable bonds is 4. The first-order valence-corrected chi connectivity index (χ1v) is 5.43. The zero-order valence-corrected chi connectivity index (χ0v) is 9.72. The monoisotopic (exact) mass is 250 g/mol. The molecule has 1 aromatic carbocycles. The minimum absolute atomic E-state index is 0.103. The first-order chi connectivity index (χ1) is 8.69. The number of aromatic nitrogens is 2. The Hall–Kier alpha value is -2.24. The Balaban J connectivity index is 2.06. The molecule has 0 saturated heterocycles. The van der Waals surface area contributed by atoms with Gasteiger partial charge in [0.05, 0.1) is 13.0 Å². The lowest BCUT2D eigenvalue weighted by molar-refractivity contribution is 0.0508. The Morgan fingerprint density at radius 3 is 2.78 bits per heavy atom. The molecule has 0 radical (unpaired) electrons. The molecule has 0 fully saturated rings. The summed E-state index contributed by atoms with van der Waals surface area (Å²) >= 11 is 0. The number of carbonyl (C=O) groups excluding carboxylic acids is 1.